The first-order chi connectivity index (χ1) is 8.99. The fourth-order valence-corrected chi connectivity index (χ4v) is 2.88. The van der Waals surface area contributed by atoms with E-state index in [2.05, 4.69) is 50.8 Å². The van der Waals surface area contributed by atoms with Crippen molar-refractivity contribution in [2.24, 2.45) is 5.92 Å². The largest absolute Gasteiger partial charge is 0.339 e. The molecule has 0 aliphatic carbocycles. The van der Waals surface area contributed by atoms with Gasteiger partial charge < -0.3 is 4.90 Å². The molecule has 1 heterocycles. The summed E-state index contributed by atoms with van der Waals surface area (Å²) in [5, 5.41) is 0. The lowest BCUT2D eigenvalue weighted by Gasteiger charge is -2.38. The summed E-state index contributed by atoms with van der Waals surface area (Å²) in [4.78, 5) is 14.5. The van der Waals surface area contributed by atoms with E-state index in [0.717, 1.165) is 18.5 Å². The third-order valence-corrected chi connectivity index (χ3v) is 4.62. The Bertz CT molecular complexity index is 466. The first kappa shape index (κ1) is 14.1. The molecule has 19 heavy (non-hydrogen) atoms. The minimum Gasteiger partial charge on any atom is -0.339 e. The van der Waals surface area contributed by atoms with E-state index < -0.39 is 0 Å². The maximum absolute atomic E-state index is 12.4. The summed E-state index contributed by atoms with van der Waals surface area (Å²) in [6.45, 7) is 9.57. The average molecular weight is 259 g/mol. The predicted molar refractivity (Wildman–Crippen MR) is 79.2 cm³/mol. The maximum atomic E-state index is 12.4. The SMILES string of the molecule is Cc1ccc(CC(=O)N2CCC[C@H](C)[C@H]2C)cc1C. The molecule has 1 aromatic carbocycles. The van der Waals surface area contributed by atoms with Gasteiger partial charge in [-0.05, 0) is 56.2 Å². The van der Waals surface area contributed by atoms with Crippen LogP contribution in [0.15, 0.2) is 18.2 Å². The van der Waals surface area contributed by atoms with Crippen molar-refractivity contribution in [2.75, 3.05) is 6.54 Å². The number of likely N-dealkylation sites (tertiary alicyclic amines) is 1. The van der Waals surface area contributed by atoms with E-state index in [4.69, 9.17) is 0 Å². The van der Waals surface area contributed by atoms with Crippen LogP contribution in [0.25, 0.3) is 0 Å². The second-order valence-corrected chi connectivity index (χ2v) is 6.04. The van der Waals surface area contributed by atoms with Gasteiger partial charge in [0.15, 0.2) is 0 Å². The lowest BCUT2D eigenvalue weighted by atomic mass is 9.91. The van der Waals surface area contributed by atoms with Crippen molar-refractivity contribution in [2.45, 2.75) is 53.0 Å². The highest BCUT2D eigenvalue weighted by Gasteiger charge is 2.28. The van der Waals surface area contributed by atoms with Crippen LogP contribution in [-0.2, 0) is 11.2 Å². The number of aryl methyl sites for hydroxylation is 2. The Kier molecular flexibility index (Phi) is 4.28. The van der Waals surface area contributed by atoms with E-state index in [-0.39, 0.29) is 5.91 Å². The molecular formula is C17H25NO. The molecule has 0 saturated carbocycles. The molecule has 0 unspecified atom stereocenters. The van der Waals surface area contributed by atoms with Gasteiger partial charge in [0.1, 0.15) is 0 Å². The minimum atomic E-state index is 0.280. The Morgan fingerprint density at radius 3 is 2.68 bits per heavy atom. The third kappa shape index (κ3) is 3.17. The molecule has 1 saturated heterocycles. The van der Waals surface area contributed by atoms with Crippen molar-refractivity contribution in [3.63, 3.8) is 0 Å². The van der Waals surface area contributed by atoms with Crippen molar-refractivity contribution in [1.29, 1.82) is 0 Å². The Balaban J connectivity index is 2.05. The summed E-state index contributed by atoms with van der Waals surface area (Å²) in [6.07, 6.45) is 2.93. The number of amides is 1. The second-order valence-electron chi connectivity index (χ2n) is 6.04. The number of benzene rings is 1. The van der Waals surface area contributed by atoms with E-state index in [9.17, 15) is 4.79 Å². The first-order valence-electron chi connectivity index (χ1n) is 7.34. The van der Waals surface area contributed by atoms with Gasteiger partial charge in [0, 0.05) is 12.6 Å². The maximum Gasteiger partial charge on any atom is 0.227 e. The quantitative estimate of drug-likeness (QED) is 0.796. The minimum absolute atomic E-state index is 0.280. The van der Waals surface area contributed by atoms with Gasteiger partial charge in [0.25, 0.3) is 0 Å². The fraction of sp³-hybridized carbons (Fsp3) is 0.588. The number of carbonyl (C=O) groups excluding carboxylic acids is 1. The van der Waals surface area contributed by atoms with Crippen molar-refractivity contribution < 1.29 is 4.79 Å². The Morgan fingerprint density at radius 1 is 1.26 bits per heavy atom. The summed E-state index contributed by atoms with van der Waals surface area (Å²) >= 11 is 0. The summed E-state index contributed by atoms with van der Waals surface area (Å²) in [5.41, 5.74) is 3.69. The van der Waals surface area contributed by atoms with Crippen LogP contribution in [0.2, 0.25) is 0 Å². The first-order valence-corrected chi connectivity index (χ1v) is 7.34. The molecule has 2 rings (SSSR count). The number of hydrogen-bond donors (Lipinski definition) is 0. The van der Waals surface area contributed by atoms with Crippen molar-refractivity contribution >= 4 is 5.91 Å². The molecule has 1 amide bonds. The number of hydrogen-bond acceptors (Lipinski definition) is 1. The van der Waals surface area contributed by atoms with Crippen LogP contribution in [0.5, 0.6) is 0 Å². The standard InChI is InChI=1S/C17H25NO/c1-12-7-8-16(10-14(12)3)11-17(19)18-9-5-6-13(2)15(18)4/h7-8,10,13,15H,5-6,9,11H2,1-4H3/t13-,15+/m0/s1. The highest BCUT2D eigenvalue weighted by molar-refractivity contribution is 5.79. The van der Waals surface area contributed by atoms with Crippen LogP contribution in [-0.4, -0.2) is 23.4 Å². The monoisotopic (exact) mass is 259 g/mol. The molecule has 1 aromatic rings. The molecule has 1 aliphatic rings. The van der Waals surface area contributed by atoms with Gasteiger partial charge in [0.05, 0.1) is 6.42 Å². The number of carbonyl (C=O) groups is 1. The molecule has 2 heteroatoms. The highest BCUT2D eigenvalue weighted by atomic mass is 16.2. The van der Waals surface area contributed by atoms with E-state index >= 15 is 0 Å². The lowest BCUT2D eigenvalue weighted by molar-refractivity contribution is -0.135. The normalized spacial score (nSPS) is 23.5. The van der Waals surface area contributed by atoms with Gasteiger partial charge in [-0.1, -0.05) is 25.1 Å². The Hall–Kier alpha value is -1.31. The molecule has 0 radical (unpaired) electrons. The van der Waals surface area contributed by atoms with Crippen molar-refractivity contribution in [3.8, 4) is 0 Å². The molecule has 1 aliphatic heterocycles. The van der Waals surface area contributed by atoms with Crippen LogP contribution >= 0.6 is 0 Å². The Labute approximate surface area is 116 Å². The summed E-state index contributed by atoms with van der Waals surface area (Å²) < 4.78 is 0. The average Bonchev–Trinajstić information content (AvgIpc) is 2.37. The smallest absolute Gasteiger partial charge is 0.227 e. The molecule has 0 aromatic heterocycles. The number of rotatable bonds is 2. The number of nitrogens with zero attached hydrogens (tertiary/aromatic N) is 1. The predicted octanol–water partition coefficient (Wildman–Crippen LogP) is 3.49. The van der Waals surface area contributed by atoms with Crippen LogP contribution in [0.4, 0.5) is 0 Å². The molecule has 0 spiro atoms. The van der Waals surface area contributed by atoms with Gasteiger partial charge in [0.2, 0.25) is 5.91 Å². The summed E-state index contributed by atoms with van der Waals surface area (Å²) in [7, 11) is 0. The third-order valence-electron chi connectivity index (χ3n) is 4.62. The van der Waals surface area contributed by atoms with E-state index in [1.807, 2.05) is 0 Å². The zero-order valence-electron chi connectivity index (χ0n) is 12.6. The van der Waals surface area contributed by atoms with Crippen LogP contribution in [0.1, 0.15) is 43.4 Å². The van der Waals surface area contributed by atoms with E-state index in [1.54, 1.807) is 0 Å². The van der Waals surface area contributed by atoms with Gasteiger partial charge in [-0.25, -0.2) is 0 Å². The second kappa shape index (κ2) is 5.77. The van der Waals surface area contributed by atoms with Crippen molar-refractivity contribution in [1.82, 2.24) is 4.90 Å². The van der Waals surface area contributed by atoms with E-state index in [0.29, 0.717) is 18.4 Å². The topological polar surface area (TPSA) is 20.3 Å². The summed E-state index contributed by atoms with van der Waals surface area (Å²) in [6, 6.07) is 6.72. The molecule has 2 nitrogen and oxygen atoms in total. The van der Waals surface area contributed by atoms with Crippen LogP contribution in [0.3, 0.4) is 0 Å². The van der Waals surface area contributed by atoms with Gasteiger partial charge in [-0.3, -0.25) is 4.79 Å². The lowest BCUT2D eigenvalue weighted by Crippen LogP contribution is -2.46. The van der Waals surface area contributed by atoms with Crippen molar-refractivity contribution in [3.05, 3.63) is 34.9 Å². The Morgan fingerprint density at radius 2 is 2.00 bits per heavy atom. The van der Waals surface area contributed by atoms with Crippen LogP contribution in [0, 0.1) is 19.8 Å². The summed E-state index contributed by atoms with van der Waals surface area (Å²) in [5.74, 6) is 0.903. The molecule has 2 atom stereocenters. The van der Waals surface area contributed by atoms with Gasteiger partial charge in [-0.15, -0.1) is 0 Å². The fourth-order valence-electron chi connectivity index (χ4n) is 2.88. The molecule has 0 N–H and O–H groups in total. The van der Waals surface area contributed by atoms with Gasteiger partial charge in [-0.2, -0.15) is 0 Å². The number of piperidine rings is 1. The van der Waals surface area contributed by atoms with Crippen LogP contribution < -0.4 is 0 Å². The molecular weight excluding hydrogens is 234 g/mol. The van der Waals surface area contributed by atoms with Gasteiger partial charge >= 0.3 is 0 Å². The zero-order valence-corrected chi connectivity index (χ0v) is 12.6. The zero-order chi connectivity index (χ0) is 14.0. The molecule has 1 fully saturated rings. The molecule has 0 bridgehead atoms. The molecule has 104 valence electrons. The highest BCUT2D eigenvalue weighted by Crippen LogP contribution is 2.23. The van der Waals surface area contributed by atoms with E-state index in [1.165, 1.54) is 17.5 Å².